The molecule has 0 saturated carbocycles. The van der Waals surface area contributed by atoms with E-state index in [9.17, 15) is 9.59 Å². The lowest BCUT2D eigenvalue weighted by atomic mass is 9.99. The standard InChI is InChI=1S/C13H8N2O3/c14-7-15-12(16)9-5-1-3-8-4-2-6-10(11(8)9)13(17)18/h1-6H,(H,15,16)(H,17,18). The smallest absolute Gasteiger partial charge is 0.336 e. The van der Waals surface area contributed by atoms with E-state index in [0.717, 1.165) is 0 Å². The Hall–Kier alpha value is -2.87. The summed E-state index contributed by atoms with van der Waals surface area (Å²) in [6.45, 7) is 0. The minimum Gasteiger partial charge on any atom is -0.478 e. The van der Waals surface area contributed by atoms with Gasteiger partial charge in [-0.25, -0.2) is 4.79 Å². The average molecular weight is 240 g/mol. The molecule has 18 heavy (non-hydrogen) atoms. The van der Waals surface area contributed by atoms with Crippen molar-refractivity contribution in [2.24, 2.45) is 0 Å². The minimum atomic E-state index is -1.11. The molecule has 0 aliphatic heterocycles. The first kappa shape index (κ1) is 11.6. The molecule has 0 atom stereocenters. The summed E-state index contributed by atoms with van der Waals surface area (Å²) in [6.07, 6.45) is 1.53. The second-order valence-electron chi connectivity index (χ2n) is 3.58. The van der Waals surface area contributed by atoms with Crippen molar-refractivity contribution in [1.29, 1.82) is 5.26 Å². The predicted molar refractivity (Wildman–Crippen MR) is 64.0 cm³/mol. The molecule has 0 heterocycles. The summed E-state index contributed by atoms with van der Waals surface area (Å²) < 4.78 is 0. The Balaban J connectivity index is 2.78. The fourth-order valence-corrected chi connectivity index (χ4v) is 1.83. The maximum Gasteiger partial charge on any atom is 0.336 e. The van der Waals surface area contributed by atoms with Crippen LogP contribution in [0.3, 0.4) is 0 Å². The topological polar surface area (TPSA) is 90.2 Å². The van der Waals surface area contributed by atoms with Crippen molar-refractivity contribution >= 4 is 22.6 Å². The number of rotatable bonds is 2. The molecule has 0 aliphatic rings. The number of carboxylic acid groups (broad SMARTS) is 1. The van der Waals surface area contributed by atoms with Crippen LogP contribution in [-0.4, -0.2) is 17.0 Å². The van der Waals surface area contributed by atoms with Crippen LogP contribution in [-0.2, 0) is 0 Å². The van der Waals surface area contributed by atoms with Gasteiger partial charge in [0.15, 0.2) is 6.19 Å². The van der Waals surface area contributed by atoms with Gasteiger partial charge >= 0.3 is 5.97 Å². The number of carbonyl (C=O) groups excluding carboxylic acids is 1. The van der Waals surface area contributed by atoms with Crippen molar-refractivity contribution < 1.29 is 14.7 Å². The summed E-state index contributed by atoms with van der Waals surface area (Å²) in [5, 5.41) is 20.5. The van der Waals surface area contributed by atoms with Crippen LogP contribution in [0.25, 0.3) is 10.8 Å². The van der Waals surface area contributed by atoms with Gasteiger partial charge < -0.3 is 5.11 Å². The number of nitrogens with one attached hydrogen (secondary N) is 1. The van der Waals surface area contributed by atoms with E-state index < -0.39 is 11.9 Å². The fourth-order valence-electron chi connectivity index (χ4n) is 1.83. The normalized spacial score (nSPS) is 9.72. The van der Waals surface area contributed by atoms with Gasteiger partial charge in [-0.1, -0.05) is 24.3 Å². The lowest BCUT2D eigenvalue weighted by Crippen LogP contribution is -2.18. The third-order valence-corrected chi connectivity index (χ3v) is 2.55. The summed E-state index contributed by atoms with van der Waals surface area (Å²) in [6, 6.07) is 9.59. The monoisotopic (exact) mass is 240 g/mol. The fraction of sp³-hybridized carbons (Fsp3) is 0. The van der Waals surface area contributed by atoms with Gasteiger partial charge in [0, 0.05) is 10.9 Å². The molecule has 0 aliphatic carbocycles. The van der Waals surface area contributed by atoms with Crippen LogP contribution >= 0.6 is 0 Å². The summed E-state index contributed by atoms with van der Waals surface area (Å²) >= 11 is 0. The first-order chi connectivity index (χ1) is 8.65. The number of aromatic carboxylic acids is 1. The minimum absolute atomic E-state index is 0.0381. The molecule has 5 heteroatoms. The molecule has 0 radical (unpaired) electrons. The summed E-state index contributed by atoms with van der Waals surface area (Å²) in [5.74, 6) is -1.73. The van der Waals surface area contributed by atoms with Crippen LogP contribution in [0, 0.1) is 11.5 Å². The number of fused-ring (bicyclic) bond motifs is 1. The molecule has 2 N–H and O–H groups in total. The summed E-state index contributed by atoms with van der Waals surface area (Å²) in [5.41, 5.74) is 0.211. The van der Waals surface area contributed by atoms with Crippen molar-refractivity contribution in [3.63, 3.8) is 0 Å². The third kappa shape index (κ3) is 1.87. The SMILES string of the molecule is N#CNC(=O)c1cccc2cccc(C(=O)O)c12. The first-order valence-electron chi connectivity index (χ1n) is 5.09. The van der Waals surface area contributed by atoms with Crippen molar-refractivity contribution in [2.75, 3.05) is 0 Å². The second-order valence-corrected chi connectivity index (χ2v) is 3.58. The van der Waals surface area contributed by atoms with Gasteiger partial charge in [-0.2, -0.15) is 5.26 Å². The number of hydrogen-bond acceptors (Lipinski definition) is 3. The van der Waals surface area contributed by atoms with Crippen LogP contribution in [0.2, 0.25) is 0 Å². The highest BCUT2D eigenvalue weighted by Gasteiger charge is 2.15. The van der Waals surface area contributed by atoms with E-state index in [1.165, 1.54) is 18.3 Å². The highest BCUT2D eigenvalue weighted by atomic mass is 16.4. The predicted octanol–water partition coefficient (Wildman–Crippen LogP) is 1.75. The number of carboxylic acids is 1. The van der Waals surface area contributed by atoms with Gasteiger partial charge in [0.25, 0.3) is 5.91 Å². The van der Waals surface area contributed by atoms with Gasteiger partial charge in [0.1, 0.15) is 0 Å². The average Bonchev–Trinajstić information content (AvgIpc) is 2.37. The maximum absolute atomic E-state index is 11.7. The van der Waals surface area contributed by atoms with Crippen LogP contribution in [0.15, 0.2) is 36.4 Å². The Labute approximate surface area is 102 Å². The molecule has 2 rings (SSSR count). The molecule has 0 spiro atoms. The quantitative estimate of drug-likeness (QED) is 0.618. The number of nitriles is 1. The molecule has 0 aromatic heterocycles. The molecule has 1 amide bonds. The van der Waals surface area contributed by atoms with E-state index in [1.807, 2.05) is 5.32 Å². The van der Waals surface area contributed by atoms with E-state index in [4.69, 9.17) is 10.4 Å². The van der Waals surface area contributed by atoms with E-state index in [0.29, 0.717) is 10.8 Å². The molecule has 0 saturated heterocycles. The van der Waals surface area contributed by atoms with Gasteiger partial charge in [0.2, 0.25) is 0 Å². The van der Waals surface area contributed by atoms with Gasteiger partial charge in [-0.15, -0.1) is 0 Å². The highest BCUT2D eigenvalue weighted by molar-refractivity contribution is 6.14. The van der Waals surface area contributed by atoms with Crippen LogP contribution in [0.1, 0.15) is 20.7 Å². The van der Waals surface area contributed by atoms with Crippen LogP contribution < -0.4 is 5.32 Å². The number of hydrogen-bond donors (Lipinski definition) is 2. The molecular formula is C13H8N2O3. The van der Waals surface area contributed by atoms with E-state index in [-0.39, 0.29) is 11.1 Å². The zero-order valence-electron chi connectivity index (χ0n) is 9.18. The maximum atomic E-state index is 11.7. The van der Waals surface area contributed by atoms with Crippen molar-refractivity contribution in [1.82, 2.24) is 5.32 Å². The molecule has 5 nitrogen and oxygen atoms in total. The lowest BCUT2D eigenvalue weighted by Gasteiger charge is -2.07. The molecule has 0 fully saturated rings. The summed E-state index contributed by atoms with van der Waals surface area (Å²) in [4.78, 5) is 22.9. The Morgan fingerprint density at radius 1 is 1.11 bits per heavy atom. The zero-order chi connectivity index (χ0) is 13.1. The number of amides is 1. The molecular weight excluding hydrogens is 232 g/mol. The Bertz CT molecular complexity index is 681. The van der Waals surface area contributed by atoms with Crippen LogP contribution in [0.5, 0.6) is 0 Å². The Morgan fingerprint density at radius 3 is 2.28 bits per heavy atom. The van der Waals surface area contributed by atoms with Crippen LogP contribution in [0.4, 0.5) is 0 Å². The first-order valence-corrected chi connectivity index (χ1v) is 5.09. The third-order valence-electron chi connectivity index (χ3n) is 2.55. The molecule has 2 aromatic rings. The number of benzene rings is 2. The lowest BCUT2D eigenvalue weighted by molar-refractivity contribution is 0.0699. The molecule has 0 bridgehead atoms. The van der Waals surface area contributed by atoms with Crippen molar-refractivity contribution in [3.8, 4) is 6.19 Å². The molecule has 0 unspecified atom stereocenters. The highest BCUT2D eigenvalue weighted by Crippen LogP contribution is 2.23. The van der Waals surface area contributed by atoms with Crippen molar-refractivity contribution in [3.05, 3.63) is 47.5 Å². The largest absolute Gasteiger partial charge is 0.478 e. The van der Waals surface area contributed by atoms with Gasteiger partial charge in [0.05, 0.1) is 5.56 Å². The Kier molecular flexibility index (Phi) is 2.94. The van der Waals surface area contributed by atoms with E-state index in [1.54, 1.807) is 24.3 Å². The zero-order valence-corrected chi connectivity index (χ0v) is 9.18. The Morgan fingerprint density at radius 2 is 1.72 bits per heavy atom. The van der Waals surface area contributed by atoms with Gasteiger partial charge in [-0.05, 0) is 17.5 Å². The molecule has 88 valence electrons. The number of nitrogens with zero attached hydrogens (tertiary/aromatic N) is 1. The number of carbonyl (C=O) groups is 2. The van der Waals surface area contributed by atoms with E-state index in [2.05, 4.69) is 0 Å². The second kappa shape index (κ2) is 4.55. The van der Waals surface area contributed by atoms with Gasteiger partial charge in [-0.3, -0.25) is 10.1 Å². The summed E-state index contributed by atoms with van der Waals surface area (Å²) in [7, 11) is 0. The molecule has 2 aromatic carbocycles. The van der Waals surface area contributed by atoms with E-state index >= 15 is 0 Å². The van der Waals surface area contributed by atoms with Crippen molar-refractivity contribution in [2.45, 2.75) is 0 Å².